The molecule has 0 radical (unpaired) electrons. The largest absolute Gasteiger partial charge is 0.466 e. The van der Waals surface area contributed by atoms with Crippen molar-refractivity contribution in [1.82, 2.24) is 5.32 Å². The van der Waals surface area contributed by atoms with Crippen molar-refractivity contribution in [2.24, 2.45) is 5.92 Å². The van der Waals surface area contributed by atoms with Crippen LogP contribution >= 0.6 is 0 Å². The van der Waals surface area contributed by atoms with E-state index in [-0.39, 0.29) is 12.1 Å². The summed E-state index contributed by atoms with van der Waals surface area (Å²) in [6.45, 7) is 7.82. The van der Waals surface area contributed by atoms with Gasteiger partial charge in [-0.2, -0.15) is 0 Å². The Morgan fingerprint density at radius 1 is 0.808 bits per heavy atom. The predicted molar refractivity (Wildman–Crippen MR) is 106 cm³/mol. The van der Waals surface area contributed by atoms with Gasteiger partial charge in [0.25, 0.3) is 0 Å². The van der Waals surface area contributed by atoms with Crippen LogP contribution in [0.2, 0.25) is 0 Å². The van der Waals surface area contributed by atoms with Crippen LogP contribution in [-0.4, -0.2) is 31.8 Å². The highest BCUT2D eigenvalue weighted by molar-refractivity contribution is 5.69. The Labute approximate surface area is 160 Å². The lowest BCUT2D eigenvalue weighted by Crippen LogP contribution is -2.26. The Bertz CT molecular complexity index is 345. The molecule has 1 amide bonds. The maximum atomic E-state index is 11.6. The van der Waals surface area contributed by atoms with Gasteiger partial charge in [-0.05, 0) is 25.2 Å². The molecule has 0 saturated heterocycles. The van der Waals surface area contributed by atoms with Gasteiger partial charge in [-0.1, -0.05) is 72.1 Å². The molecule has 0 bridgehead atoms. The second kappa shape index (κ2) is 18.5. The van der Waals surface area contributed by atoms with E-state index in [0.717, 1.165) is 32.1 Å². The Morgan fingerprint density at radius 2 is 1.42 bits per heavy atom. The van der Waals surface area contributed by atoms with Crippen LogP contribution in [0.3, 0.4) is 0 Å². The summed E-state index contributed by atoms with van der Waals surface area (Å²) in [4.78, 5) is 23.0. The lowest BCUT2D eigenvalue weighted by atomic mass is 10.1. The van der Waals surface area contributed by atoms with Gasteiger partial charge in [0.1, 0.15) is 0 Å². The first-order valence-electron chi connectivity index (χ1n) is 10.6. The molecule has 0 unspecified atom stereocenters. The Morgan fingerprint density at radius 3 is 2.08 bits per heavy atom. The minimum absolute atomic E-state index is 0.0998. The summed E-state index contributed by atoms with van der Waals surface area (Å²) >= 11 is 0. The van der Waals surface area contributed by atoms with Gasteiger partial charge in [0.05, 0.1) is 13.2 Å². The quantitative estimate of drug-likeness (QED) is 0.266. The number of carbonyl (C=O) groups excluding carboxylic acids is 2. The minimum Gasteiger partial charge on any atom is -0.466 e. The van der Waals surface area contributed by atoms with Crippen LogP contribution in [-0.2, 0) is 14.3 Å². The van der Waals surface area contributed by atoms with Gasteiger partial charge in [-0.25, -0.2) is 4.79 Å². The standard InChI is InChI=1S/C21H41NO4/c1-4-5-6-7-8-9-10-14-17-25-20(23)15-12-11-13-16-22-21(24)26-18-19(2)3/h19H,4-18H2,1-3H3,(H,22,24). The summed E-state index contributed by atoms with van der Waals surface area (Å²) in [6.07, 6.45) is 12.6. The van der Waals surface area contributed by atoms with Crippen LogP contribution in [0.5, 0.6) is 0 Å². The van der Waals surface area contributed by atoms with E-state index in [1.807, 2.05) is 13.8 Å². The topological polar surface area (TPSA) is 64.6 Å². The van der Waals surface area contributed by atoms with Crippen LogP contribution in [0, 0.1) is 5.92 Å². The zero-order valence-corrected chi connectivity index (χ0v) is 17.3. The highest BCUT2D eigenvalue weighted by atomic mass is 16.5. The van der Waals surface area contributed by atoms with Gasteiger partial charge in [0.2, 0.25) is 0 Å². The number of hydrogen-bond acceptors (Lipinski definition) is 4. The third-order valence-corrected chi connectivity index (χ3v) is 4.14. The minimum atomic E-state index is -0.358. The molecule has 0 aliphatic rings. The van der Waals surface area contributed by atoms with Crippen molar-refractivity contribution in [3.8, 4) is 0 Å². The van der Waals surface area contributed by atoms with Crippen LogP contribution in [0.4, 0.5) is 4.79 Å². The normalized spacial score (nSPS) is 10.8. The van der Waals surface area contributed by atoms with E-state index in [0.29, 0.717) is 32.1 Å². The molecule has 0 spiro atoms. The SMILES string of the molecule is CCCCCCCCCCOC(=O)CCCCCNC(=O)OCC(C)C. The Balaban J connectivity index is 3.28. The number of amides is 1. The van der Waals surface area contributed by atoms with Gasteiger partial charge >= 0.3 is 12.1 Å². The van der Waals surface area contributed by atoms with Crippen molar-refractivity contribution in [1.29, 1.82) is 0 Å². The molecule has 0 heterocycles. The highest BCUT2D eigenvalue weighted by Gasteiger charge is 2.04. The van der Waals surface area contributed by atoms with Gasteiger partial charge in [-0.15, -0.1) is 0 Å². The molecule has 0 fully saturated rings. The summed E-state index contributed by atoms with van der Waals surface area (Å²) in [7, 11) is 0. The predicted octanol–water partition coefficient (Wildman–Crippen LogP) is 5.61. The molecule has 26 heavy (non-hydrogen) atoms. The van der Waals surface area contributed by atoms with Crippen molar-refractivity contribution in [2.45, 2.75) is 97.8 Å². The lowest BCUT2D eigenvalue weighted by molar-refractivity contribution is -0.143. The second-order valence-corrected chi connectivity index (χ2v) is 7.43. The smallest absolute Gasteiger partial charge is 0.407 e. The molecule has 5 heteroatoms. The van der Waals surface area contributed by atoms with Crippen LogP contribution < -0.4 is 5.32 Å². The molecule has 1 N–H and O–H groups in total. The van der Waals surface area contributed by atoms with Gasteiger partial charge in [0, 0.05) is 13.0 Å². The summed E-state index contributed by atoms with van der Waals surface area (Å²) in [5, 5.41) is 2.72. The molecule has 0 atom stereocenters. The van der Waals surface area contributed by atoms with Gasteiger partial charge < -0.3 is 14.8 Å². The zero-order valence-electron chi connectivity index (χ0n) is 17.3. The number of alkyl carbamates (subject to hydrolysis) is 1. The van der Waals surface area contributed by atoms with Crippen molar-refractivity contribution in [3.05, 3.63) is 0 Å². The van der Waals surface area contributed by atoms with Crippen LogP contribution in [0.25, 0.3) is 0 Å². The summed E-state index contributed by atoms with van der Waals surface area (Å²) in [5.74, 6) is 0.245. The van der Waals surface area contributed by atoms with Gasteiger partial charge in [0.15, 0.2) is 0 Å². The molecule has 0 saturated carbocycles. The van der Waals surface area contributed by atoms with E-state index in [2.05, 4.69) is 12.2 Å². The first-order chi connectivity index (χ1) is 12.6. The number of rotatable bonds is 17. The molecule has 0 aromatic rings. The maximum absolute atomic E-state index is 11.6. The fourth-order valence-corrected chi connectivity index (χ4v) is 2.55. The van der Waals surface area contributed by atoms with E-state index < -0.39 is 0 Å². The fourth-order valence-electron chi connectivity index (χ4n) is 2.55. The fraction of sp³-hybridized carbons (Fsp3) is 0.905. The van der Waals surface area contributed by atoms with E-state index in [4.69, 9.17) is 9.47 Å². The molecular weight excluding hydrogens is 330 g/mol. The summed E-state index contributed by atoms with van der Waals surface area (Å²) in [5.41, 5.74) is 0. The average Bonchev–Trinajstić information content (AvgIpc) is 2.61. The monoisotopic (exact) mass is 371 g/mol. The third kappa shape index (κ3) is 19.1. The number of carbonyl (C=O) groups is 2. The molecule has 154 valence electrons. The molecule has 5 nitrogen and oxygen atoms in total. The number of nitrogens with one attached hydrogen (secondary N) is 1. The van der Waals surface area contributed by atoms with Crippen LogP contribution in [0.15, 0.2) is 0 Å². The van der Waals surface area contributed by atoms with E-state index >= 15 is 0 Å². The number of ether oxygens (including phenoxy) is 2. The number of esters is 1. The van der Waals surface area contributed by atoms with Crippen molar-refractivity contribution in [3.63, 3.8) is 0 Å². The summed E-state index contributed by atoms with van der Waals surface area (Å²) < 4.78 is 10.3. The van der Waals surface area contributed by atoms with E-state index in [1.54, 1.807) is 0 Å². The molecule has 0 aliphatic heterocycles. The van der Waals surface area contributed by atoms with Gasteiger partial charge in [-0.3, -0.25) is 4.79 Å². The number of unbranched alkanes of at least 4 members (excludes halogenated alkanes) is 9. The van der Waals surface area contributed by atoms with E-state index in [1.165, 1.54) is 38.5 Å². The molecule has 0 aromatic heterocycles. The summed E-state index contributed by atoms with van der Waals surface area (Å²) in [6, 6.07) is 0. The molecular formula is C21H41NO4. The average molecular weight is 372 g/mol. The highest BCUT2D eigenvalue weighted by Crippen LogP contribution is 2.09. The zero-order chi connectivity index (χ0) is 19.5. The molecule has 0 aliphatic carbocycles. The van der Waals surface area contributed by atoms with Crippen molar-refractivity contribution < 1.29 is 19.1 Å². The molecule has 0 rings (SSSR count). The van der Waals surface area contributed by atoms with Crippen LogP contribution in [0.1, 0.15) is 97.8 Å². The lowest BCUT2D eigenvalue weighted by Gasteiger charge is -2.08. The number of hydrogen-bond donors (Lipinski definition) is 1. The second-order valence-electron chi connectivity index (χ2n) is 7.43. The third-order valence-electron chi connectivity index (χ3n) is 4.14. The Hall–Kier alpha value is -1.26. The first kappa shape index (κ1) is 24.7. The maximum Gasteiger partial charge on any atom is 0.407 e. The van der Waals surface area contributed by atoms with E-state index in [9.17, 15) is 9.59 Å². The van der Waals surface area contributed by atoms with Crippen molar-refractivity contribution >= 4 is 12.1 Å². The molecule has 0 aromatic carbocycles. The van der Waals surface area contributed by atoms with Crippen molar-refractivity contribution in [2.75, 3.05) is 19.8 Å². The Kier molecular flexibility index (Phi) is 17.6. The first-order valence-corrected chi connectivity index (χ1v) is 10.6.